The lowest BCUT2D eigenvalue weighted by Crippen LogP contribution is -2.49. The lowest BCUT2D eigenvalue weighted by Gasteiger charge is -2.46. The molecule has 0 aliphatic carbocycles. The van der Waals surface area contributed by atoms with Gasteiger partial charge in [-0.1, -0.05) is 87.5 Å². The van der Waals surface area contributed by atoms with Crippen LogP contribution in [-0.2, 0) is 16.2 Å². The van der Waals surface area contributed by atoms with E-state index in [4.69, 9.17) is 8.75 Å². The molecule has 6 heteroatoms. The number of hydrogen-bond acceptors (Lipinski definition) is 5. The Hall–Kier alpha value is -1.34. The Bertz CT molecular complexity index is 1500. The van der Waals surface area contributed by atoms with E-state index in [0.717, 1.165) is 23.9 Å². The molecule has 2 unspecified atom stereocenters. The Kier molecular flexibility index (Phi) is 6.94. The van der Waals surface area contributed by atoms with Crippen molar-refractivity contribution in [2.75, 3.05) is 0 Å². The maximum Gasteiger partial charge on any atom is 0.116 e. The van der Waals surface area contributed by atoms with Crippen molar-refractivity contribution in [1.82, 2.24) is 8.75 Å². The molecule has 4 heterocycles. The van der Waals surface area contributed by atoms with Crippen LogP contribution in [0.25, 0.3) is 20.8 Å². The van der Waals surface area contributed by atoms with E-state index >= 15 is 0 Å². The number of hydrogen-bond donors (Lipinski definition) is 0. The van der Waals surface area contributed by atoms with Crippen molar-refractivity contribution >= 4 is 63.9 Å². The molecule has 0 spiro atoms. The molecule has 1 aliphatic rings. The number of nitrogens with zero attached hydrogens (tertiary/aromatic N) is 2. The summed E-state index contributed by atoms with van der Waals surface area (Å²) in [6.07, 6.45) is 3.33. The molecule has 204 valence electrons. The van der Waals surface area contributed by atoms with Crippen molar-refractivity contribution in [2.24, 2.45) is 0 Å². The van der Waals surface area contributed by atoms with Crippen molar-refractivity contribution in [3.05, 3.63) is 45.1 Å². The summed E-state index contributed by atoms with van der Waals surface area (Å²) in [4.78, 5) is 6.26. The normalized spacial score (nSPS) is 18.0. The van der Waals surface area contributed by atoms with Crippen LogP contribution in [0.5, 0.6) is 0 Å². The summed E-state index contributed by atoms with van der Waals surface area (Å²) in [6.45, 7) is 26.6. The zero-order chi connectivity index (χ0) is 27.8. The predicted molar refractivity (Wildman–Crippen MR) is 174 cm³/mol. The highest BCUT2D eigenvalue weighted by molar-refractivity contribution is 7.29. The van der Waals surface area contributed by atoms with Crippen LogP contribution >= 0.6 is 34.4 Å². The van der Waals surface area contributed by atoms with Gasteiger partial charge in [0.05, 0.1) is 11.7 Å². The molecule has 2 atom stereocenters. The van der Waals surface area contributed by atoms with Gasteiger partial charge in [-0.05, 0) is 64.2 Å². The number of benzene rings is 1. The van der Waals surface area contributed by atoms with Gasteiger partial charge in [0.25, 0.3) is 0 Å². The fourth-order valence-corrected chi connectivity index (χ4v) is 14.8. The summed E-state index contributed by atoms with van der Waals surface area (Å²) >= 11 is 5.54. The second kappa shape index (κ2) is 9.36. The van der Waals surface area contributed by atoms with E-state index in [9.17, 15) is 0 Å². The first-order valence-corrected chi connectivity index (χ1v) is 19.7. The molecule has 0 N–H and O–H groups in total. The Morgan fingerprint density at radius 3 is 1.87 bits per heavy atom. The first-order chi connectivity index (χ1) is 17.8. The molecule has 0 amide bonds. The molecule has 1 aliphatic heterocycles. The second-order valence-corrected chi connectivity index (χ2v) is 20.2. The van der Waals surface area contributed by atoms with Crippen LogP contribution in [0.15, 0.2) is 24.3 Å². The lowest BCUT2D eigenvalue weighted by molar-refractivity contribution is 0.241. The largest absolute Gasteiger partial charge is 0.173 e. The molecule has 0 fully saturated rings. The Labute approximate surface area is 243 Å². The second-order valence-electron chi connectivity index (χ2n) is 13.3. The summed E-state index contributed by atoms with van der Waals surface area (Å²) in [5, 5.41) is 3.33. The zero-order valence-electron chi connectivity index (χ0n) is 25.1. The quantitative estimate of drug-likeness (QED) is 0.194. The predicted octanol–water partition coefficient (Wildman–Crippen LogP) is 9.46. The van der Waals surface area contributed by atoms with Crippen LogP contribution < -0.4 is 10.4 Å². The third-order valence-electron chi connectivity index (χ3n) is 10.4. The molecule has 5 rings (SSSR count). The number of rotatable bonds is 8. The van der Waals surface area contributed by atoms with Crippen molar-refractivity contribution in [1.29, 1.82) is 0 Å². The van der Waals surface area contributed by atoms with Crippen LogP contribution in [0.3, 0.4) is 0 Å². The maximum absolute atomic E-state index is 4.90. The van der Waals surface area contributed by atoms with Gasteiger partial charge < -0.3 is 0 Å². The Balaban J connectivity index is 1.68. The highest BCUT2D eigenvalue weighted by Gasteiger charge is 2.50. The summed E-state index contributed by atoms with van der Waals surface area (Å²) in [5.41, 5.74) is 5.10. The number of aromatic nitrogens is 2. The summed E-state index contributed by atoms with van der Waals surface area (Å²) in [5.74, 6) is 0.441. The van der Waals surface area contributed by atoms with Crippen LogP contribution in [0.2, 0.25) is 13.1 Å². The monoisotopic (exact) mass is 580 g/mol. The van der Waals surface area contributed by atoms with Gasteiger partial charge in [0.2, 0.25) is 0 Å². The highest BCUT2D eigenvalue weighted by Crippen LogP contribution is 2.54. The van der Waals surface area contributed by atoms with E-state index in [-0.39, 0.29) is 16.2 Å². The Morgan fingerprint density at radius 2 is 1.32 bits per heavy atom. The first-order valence-electron chi connectivity index (χ1n) is 14.3. The SMILES string of the molecule is CCC(C)(C)c1cc2c(s1)-c1sc(C(C)(CC)C(C)(CC)c3ccc(C(C)C)c4nsnc34)cc1[Si]2(C)C. The molecule has 4 aromatic rings. The minimum absolute atomic E-state index is 0.0000724. The highest BCUT2D eigenvalue weighted by atomic mass is 32.1. The van der Waals surface area contributed by atoms with Gasteiger partial charge in [-0.3, -0.25) is 0 Å². The average molecular weight is 581 g/mol. The van der Waals surface area contributed by atoms with Gasteiger partial charge in [0.15, 0.2) is 0 Å². The maximum atomic E-state index is 4.90. The summed E-state index contributed by atoms with van der Waals surface area (Å²) < 4.78 is 9.68. The van der Waals surface area contributed by atoms with Gasteiger partial charge in [0, 0.05) is 30.3 Å². The molecular weight excluding hydrogens is 537 g/mol. The standard InChI is InChI=1S/C32H44N2S3Si/c1-12-30(6,7)24-17-22-28(35-24)29-23(38(22,10)11)18-25(36-29)32(9,14-3)31(8,13-2)21-16-15-20(19(4)5)26-27(21)34-37-33-26/h15-19H,12-14H2,1-11H3. The summed E-state index contributed by atoms with van der Waals surface area (Å²) in [6, 6.07) is 9.93. The third kappa shape index (κ3) is 3.80. The van der Waals surface area contributed by atoms with E-state index in [1.807, 2.05) is 0 Å². The van der Waals surface area contributed by atoms with Crippen LogP contribution in [0.1, 0.15) is 108 Å². The van der Waals surface area contributed by atoms with E-state index in [2.05, 4.69) is 122 Å². The first kappa shape index (κ1) is 28.2. The van der Waals surface area contributed by atoms with Gasteiger partial charge in [-0.15, -0.1) is 22.7 Å². The zero-order valence-corrected chi connectivity index (χ0v) is 28.6. The fourth-order valence-electron chi connectivity index (χ4n) is 6.48. The van der Waals surface area contributed by atoms with Gasteiger partial charge >= 0.3 is 0 Å². The third-order valence-corrected chi connectivity index (χ3v) is 17.8. The molecule has 38 heavy (non-hydrogen) atoms. The number of thiophene rings is 2. The van der Waals surface area contributed by atoms with Crippen molar-refractivity contribution < 1.29 is 0 Å². The molecule has 0 bridgehead atoms. The molecule has 0 saturated heterocycles. The van der Waals surface area contributed by atoms with Gasteiger partial charge in [-0.2, -0.15) is 8.75 Å². The fraction of sp³-hybridized carbons (Fsp3) is 0.562. The minimum Gasteiger partial charge on any atom is -0.173 e. The van der Waals surface area contributed by atoms with Gasteiger partial charge in [-0.25, -0.2) is 0 Å². The van der Waals surface area contributed by atoms with Crippen molar-refractivity contribution in [3.63, 3.8) is 0 Å². The van der Waals surface area contributed by atoms with E-state index < -0.39 is 8.07 Å². The van der Waals surface area contributed by atoms with E-state index in [0.29, 0.717) is 5.92 Å². The molecule has 0 saturated carbocycles. The molecule has 2 nitrogen and oxygen atoms in total. The Morgan fingerprint density at radius 1 is 0.763 bits per heavy atom. The van der Waals surface area contributed by atoms with Crippen LogP contribution in [0.4, 0.5) is 0 Å². The van der Waals surface area contributed by atoms with Crippen molar-refractivity contribution in [2.45, 2.75) is 117 Å². The molecule has 0 radical (unpaired) electrons. The summed E-state index contributed by atoms with van der Waals surface area (Å²) in [7, 11) is -1.72. The smallest absolute Gasteiger partial charge is 0.116 e. The van der Waals surface area contributed by atoms with E-state index in [1.165, 1.54) is 29.3 Å². The average Bonchev–Trinajstić information content (AvgIpc) is 3.66. The number of fused-ring (bicyclic) bond motifs is 4. The van der Waals surface area contributed by atoms with Crippen LogP contribution in [-0.4, -0.2) is 16.8 Å². The topological polar surface area (TPSA) is 25.8 Å². The van der Waals surface area contributed by atoms with Crippen molar-refractivity contribution in [3.8, 4) is 9.75 Å². The molecular formula is C32H44N2S3Si. The van der Waals surface area contributed by atoms with Gasteiger partial charge in [0.1, 0.15) is 19.1 Å². The molecule has 3 aromatic heterocycles. The lowest BCUT2D eigenvalue weighted by atomic mass is 9.58. The van der Waals surface area contributed by atoms with E-state index in [1.54, 1.807) is 29.9 Å². The minimum atomic E-state index is -1.72. The van der Waals surface area contributed by atoms with Crippen LogP contribution in [0, 0.1) is 0 Å². The molecule has 1 aromatic carbocycles.